The van der Waals surface area contributed by atoms with Gasteiger partial charge in [-0.1, -0.05) is 26.7 Å². The maximum absolute atomic E-state index is 6.04. The molecule has 0 bridgehead atoms. The highest BCUT2D eigenvalue weighted by Crippen LogP contribution is 2.37. The molecule has 2 heteroatoms. The van der Waals surface area contributed by atoms with Crippen molar-refractivity contribution in [3.8, 4) is 0 Å². The first-order valence-corrected chi connectivity index (χ1v) is 8.11. The smallest absolute Gasteiger partial charge is 0.0141 e. The number of rotatable bonds is 3. The van der Waals surface area contributed by atoms with Crippen LogP contribution in [0.4, 0.5) is 0 Å². The molecule has 1 saturated heterocycles. The minimum atomic E-state index is 0.751. The van der Waals surface area contributed by atoms with Gasteiger partial charge in [0.15, 0.2) is 0 Å². The van der Waals surface area contributed by atoms with Crippen LogP contribution in [0.3, 0.4) is 0 Å². The van der Waals surface area contributed by atoms with E-state index in [1.54, 1.807) is 0 Å². The van der Waals surface area contributed by atoms with Crippen LogP contribution in [0.15, 0.2) is 0 Å². The Morgan fingerprint density at radius 3 is 2.56 bits per heavy atom. The minimum Gasteiger partial charge on any atom is -0.330 e. The third kappa shape index (κ3) is 3.08. The lowest BCUT2D eigenvalue weighted by Gasteiger charge is -2.48. The van der Waals surface area contributed by atoms with Crippen LogP contribution >= 0.6 is 0 Å². The standard InChI is InChI=1S/C16H32N2/c1-4-14-7-8-15(10-17)16(9-14)18-11-12(2)5-6-13(18)3/h12-16H,4-11,17H2,1-3H3. The molecule has 0 aromatic heterocycles. The van der Waals surface area contributed by atoms with Crippen molar-refractivity contribution in [2.24, 2.45) is 23.5 Å². The van der Waals surface area contributed by atoms with Gasteiger partial charge in [0.05, 0.1) is 0 Å². The van der Waals surface area contributed by atoms with Crippen LogP contribution in [-0.4, -0.2) is 30.1 Å². The number of hydrogen-bond donors (Lipinski definition) is 1. The predicted molar refractivity (Wildman–Crippen MR) is 78.5 cm³/mol. The quantitative estimate of drug-likeness (QED) is 0.835. The lowest BCUT2D eigenvalue weighted by molar-refractivity contribution is 0.0150. The normalized spacial score (nSPS) is 43.0. The van der Waals surface area contributed by atoms with E-state index in [-0.39, 0.29) is 0 Å². The molecule has 5 atom stereocenters. The molecule has 1 saturated carbocycles. The lowest BCUT2D eigenvalue weighted by Crippen LogP contribution is -2.53. The van der Waals surface area contributed by atoms with Crippen molar-refractivity contribution in [1.29, 1.82) is 0 Å². The minimum absolute atomic E-state index is 0.751. The van der Waals surface area contributed by atoms with Gasteiger partial charge < -0.3 is 5.73 Å². The molecule has 2 fully saturated rings. The highest BCUT2D eigenvalue weighted by Gasteiger charge is 2.36. The number of nitrogens with zero attached hydrogens (tertiary/aromatic N) is 1. The van der Waals surface area contributed by atoms with Gasteiger partial charge in [0.2, 0.25) is 0 Å². The summed E-state index contributed by atoms with van der Waals surface area (Å²) in [5, 5.41) is 0. The van der Waals surface area contributed by atoms with E-state index in [2.05, 4.69) is 25.7 Å². The number of piperidine rings is 1. The van der Waals surface area contributed by atoms with Crippen molar-refractivity contribution in [1.82, 2.24) is 4.90 Å². The van der Waals surface area contributed by atoms with E-state index in [9.17, 15) is 0 Å². The Kier molecular flexibility index (Phi) is 5.08. The van der Waals surface area contributed by atoms with E-state index in [1.165, 1.54) is 45.1 Å². The predicted octanol–water partition coefficient (Wildman–Crippen LogP) is 3.26. The Hall–Kier alpha value is -0.0800. The highest BCUT2D eigenvalue weighted by molar-refractivity contribution is 4.91. The summed E-state index contributed by atoms with van der Waals surface area (Å²) in [6, 6.07) is 1.54. The number of nitrogens with two attached hydrogens (primary N) is 1. The molecule has 2 rings (SSSR count). The molecule has 0 radical (unpaired) electrons. The summed E-state index contributed by atoms with van der Waals surface area (Å²) < 4.78 is 0. The van der Waals surface area contributed by atoms with Gasteiger partial charge in [-0.15, -0.1) is 0 Å². The molecule has 106 valence electrons. The molecule has 1 aliphatic heterocycles. The molecular weight excluding hydrogens is 220 g/mol. The topological polar surface area (TPSA) is 29.3 Å². The molecular formula is C16H32N2. The number of hydrogen-bond acceptors (Lipinski definition) is 2. The molecule has 2 nitrogen and oxygen atoms in total. The summed E-state index contributed by atoms with van der Waals surface area (Å²) in [5.41, 5.74) is 6.04. The van der Waals surface area contributed by atoms with E-state index < -0.39 is 0 Å². The van der Waals surface area contributed by atoms with Gasteiger partial charge in [-0.3, -0.25) is 4.90 Å². The Balaban J connectivity index is 2.06. The van der Waals surface area contributed by atoms with Crippen molar-refractivity contribution in [3.05, 3.63) is 0 Å². The lowest BCUT2D eigenvalue weighted by atomic mass is 9.75. The summed E-state index contributed by atoms with van der Waals surface area (Å²) in [6.07, 6.45) is 8.31. The molecule has 0 amide bonds. The second-order valence-corrected chi connectivity index (χ2v) is 6.88. The molecule has 5 unspecified atom stereocenters. The van der Waals surface area contributed by atoms with Crippen LogP contribution in [0.1, 0.15) is 59.3 Å². The molecule has 0 aromatic carbocycles. The molecule has 2 N–H and O–H groups in total. The first-order chi connectivity index (χ1) is 8.65. The van der Waals surface area contributed by atoms with Gasteiger partial charge in [0.25, 0.3) is 0 Å². The molecule has 1 heterocycles. The zero-order chi connectivity index (χ0) is 13.1. The fraction of sp³-hybridized carbons (Fsp3) is 1.00. The van der Waals surface area contributed by atoms with Crippen LogP contribution in [0.5, 0.6) is 0 Å². The van der Waals surface area contributed by atoms with E-state index in [1.807, 2.05) is 0 Å². The fourth-order valence-corrected chi connectivity index (χ4v) is 4.13. The second-order valence-electron chi connectivity index (χ2n) is 6.88. The van der Waals surface area contributed by atoms with Gasteiger partial charge in [0, 0.05) is 18.6 Å². The Bertz CT molecular complexity index is 253. The summed E-state index contributed by atoms with van der Waals surface area (Å²) in [7, 11) is 0. The van der Waals surface area contributed by atoms with Crippen molar-refractivity contribution in [2.45, 2.75) is 71.4 Å². The average Bonchev–Trinajstić information content (AvgIpc) is 2.40. The third-order valence-corrected chi connectivity index (χ3v) is 5.54. The van der Waals surface area contributed by atoms with Crippen LogP contribution < -0.4 is 5.73 Å². The Morgan fingerprint density at radius 2 is 1.89 bits per heavy atom. The molecule has 18 heavy (non-hydrogen) atoms. The zero-order valence-corrected chi connectivity index (χ0v) is 12.6. The first-order valence-electron chi connectivity index (χ1n) is 8.11. The molecule has 0 spiro atoms. The van der Waals surface area contributed by atoms with E-state index in [0.717, 1.165) is 36.4 Å². The highest BCUT2D eigenvalue weighted by atomic mass is 15.2. The Morgan fingerprint density at radius 1 is 1.11 bits per heavy atom. The maximum Gasteiger partial charge on any atom is 0.0141 e. The molecule has 2 aliphatic rings. The fourth-order valence-electron chi connectivity index (χ4n) is 4.13. The van der Waals surface area contributed by atoms with Crippen LogP contribution in [0.25, 0.3) is 0 Å². The van der Waals surface area contributed by atoms with E-state index in [0.29, 0.717) is 0 Å². The largest absolute Gasteiger partial charge is 0.330 e. The van der Waals surface area contributed by atoms with Crippen molar-refractivity contribution < 1.29 is 0 Å². The van der Waals surface area contributed by atoms with Gasteiger partial charge in [-0.25, -0.2) is 0 Å². The average molecular weight is 252 g/mol. The van der Waals surface area contributed by atoms with Gasteiger partial charge in [-0.2, -0.15) is 0 Å². The van der Waals surface area contributed by atoms with Gasteiger partial charge in [0.1, 0.15) is 0 Å². The van der Waals surface area contributed by atoms with E-state index in [4.69, 9.17) is 5.73 Å². The monoisotopic (exact) mass is 252 g/mol. The van der Waals surface area contributed by atoms with Crippen molar-refractivity contribution >= 4 is 0 Å². The summed E-state index contributed by atoms with van der Waals surface area (Å²) in [5.74, 6) is 2.57. The van der Waals surface area contributed by atoms with E-state index >= 15 is 0 Å². The molecule has 1 aliphatic carbocycles. The Labute approximate surface area is 113 Å². The first kappa shape index (κ1) is 14.3. The maximum atomic E-state index is 6.04. The van der Waals surface area contributed by atoms with Crippen LogP contribution in [0, 0.1) is 17.8 Å². The van der Waals surface area contributed by atoms with Crippen molar-refractivity contribution in [2.75, 3.05) is 13.1 Å². The summed E-state index contributed by atoms with van der Waals surface area (Å²) in [4.78, 5) is 2.81. The zero-order valence-electron chi connectivity index (χ0n) is 12.6. The van der Waals surface area contributed by atoms with Crippen molar-refractivity contribution in [3.63, 3.8) is 0 Å². The summed E-state index contributed by atoms with van der Waals surface area (Å²) >= 11 is 0. The summed E-state index contributed by atoms with van der Waals surface area (Å²) in [6.45, 7) is 9.38. The van der Waals surface area contributed by atoms with Crippen LogP contribution in [0.2, 0.25) is 0 Å². The van der Waals surface area contributed by atoms with Crippen LogP contribution in [-0.2, 0) is 0 Å². The SMILES string of the molecule is CCC1CCC(CN)C(N2CC(C)CCC2C)C1. The molecule has 0 aromatic rings. The van der Waals surface area contributed by atoms with Gasteiger partial charge >= 0.3 is 0 Å². The van der Waals surface area contributed by atoms with Gasteiger partial charge in [-0.05, 0) is 56.9 Å². The third-order valence-electron chi connectivity index (χ3n) is 5.54. The number of likely N-dealkylation sites (tertiary alicyclic amines) is 1. The second kappa shape index (κ2) is 6.38.